The van der Waals surface area contributed by atoms with Gasteiger partial charge in [0.15, 0.2) is 0 Å². The summed E-state index contributed by atoms with van der Waals surface area (Å²) in [5.74, 6) is 0.363. The van der Waals surface area contributed by atoms with Gasteiger partial charge in [-0.15, -0.1) is 12.4 Å². The fourth-order valence-corrected chi connectivity index (χ4v) is 2.49. The molecular weight excluding hydrogens is 356 g/mol. The van der Waals surface area contributed by atoms with Crippen LogP contribution < -0.4 is 10.1 Å². The van der Waals surface area contributed by atoms with Crippen molar-refractivity contribution in [3.8, 4) is 11.5 Å². The van der Waals surface area contributed by atoms with E-state index in [-0.39, 0.29) is 24.8 Å². The number of carbonyl (C=O) groups is 1. The van der Waals surface area contributed by atoms with Crippen molar-refractivity contribution in [3.63, 3.8) is 0 Å². The number of benzene rings is 2. The summed E-state index contributed by atoms with van der Waals surface area (Å²) in [6, 6.07) is 12.0. The Morgan fingerprint density at radius 3 is 2.58 bits per heavy atom. The van der Waals surface area contributed by atoms with Gasteiger partial charge in [0.25, 0.3) is 0 Å². The second-order valence-corrected chi connectivity index (χ2v) is 5.32. The Morgan fingerprint density at radius 2 is 1.92 bits per heavy atom. The van der Waals surface area contributed by atoms with Gasteiger partial charge in [-0.3, -0.25) is 4.98 Å². The second-order valence-electron chi connectivity index (χ2n) is 5.32. The number of esters is 1. The van der Waals surface area contributed by atoms with Crippen LogP contribution in [0.25, 0.3) is 10.9 Å². The maximum absolute atomic E-state index is 12.3. The minimum atomic E-state index is -0.457. The number of nitrogens with zero attached hydrogens (tertiary/aromatic N) is 1. The third-order valence-corrected chi connectivity index (χ3v) is 3.71. The summed E-state index contributed by atoms with van der Waals surface area (Å²) in [5, 5.41) is 13.4. The summed E-state index contributed by atoms with van der Waals surface area (Å²) in [4.78, 5) is 16.7. The van der Waals surface area contributed by atoms with Gasteiger partial charge >= 0.3 is 5.97 Å². The van der Waals surface area contributed by atoms with E-state index in [0.717, 1.165) is 16.6 Å². The fourth-order valence-electron chi connectivity index (χ4n) is 2.49. The maximum atomic E-state index is 12.3. The van der Waals surface area contributed by atoms with Gasteiger partial charge in [0.1, 0.15) is 17.1 Å². The molecule has 136 valence electrons. The molecule has 0 fully saturated rings. The summed E-state index contributed by atoms with van der Waals surface area (Å²) in [6.07, 6.45) is 1.50. The predicted octanol–water partition coefficient (Wildman–Crippen LogP) is 4.29. The number of aromatic hydroxyl groups is 1. The lowest BCUT2D eigenvalue weighted by atomic mass is 10.1. The quantitative estimate of drug-likeness (QED) is 0.512. The van der Waals surface area contributed by atoms with E-state index in [4.69, 9.17) is 9.47 Å². The SMILES string of the molecule is CCOC(=O)c1cnc2ccc(OC)cc2c1Nc1ccc(O)cc1.Cl. The van der Waals surface area contributed by atoms with Gasteiger partial charge in [-0.2, -0.15) is 0 Å². The summed E-state index contributed by atoms with van der Waals surface area (Å²) < 4.78 is 10.4. The molecule has 2 aromatic carbocycles. The molecule has 3 rings (SSSR count). The van der Waals surface area contributed by atoms with Crippen LogP contribution in [0.15, 0.2) is 48.7 Å². The van der Waals surface area contributed by atoms with E-state index in [1.807, 2.05) is 18.2 Å². The van der Waals surface area contributed by atoms with Crippen LogP contribution in [0.3, 0.4) is 0 Å². The second kappa shape index (κ2) is 8.40. The lowest BCUT2D eigenvalue weighted by Crippen LogP contribution is -2.09. The fraction of sp³-hybridized carbons (Fsp3) is 0.158. The topological polar surface area (TPSA) is 80.7 Å². The molecule has 0 aliphatic carbocycles. The first kappa shape index (κ1) is 19.3. The van der Waals surface area contributed by atoms with Gasteiger partial charge in [0.05, 0.1) is 24.9 Å². The third-order valence-electron chi connectivity index (χ3n) is 3.71. The first-order valence-corrected chi connectivity index (χ1v) is 7.82. The normalized spacial score (nSPS) is 10.1. The molecule has 0 atom stereocenters. The van der Waals surface area contributed by atoms with Crippen molar-refractivity contribution in [3.05, 3.63) is 54.2 Å². The van der Waals surface area contributed by atoms with E-state index >= 15 is 0 Å². The minimum absolute atomic E-state index is 0. The highest BCUT2D eigenvalue weighted by Gasteiger charge is 2.17. The van der Waals surface area contributed by atoms with Crippen LogP contribution in [0.5, 0.6) is 11.5 Å². The summed E-state index contributed by atoms with van der Waals surface area (Å²) in [5.41, 5.74) is 2.34. The maximum Gasteiger partial charge on any atom is 0.341 e. The van der Waals surface area contributed by atoms with Gasteiger partial charge in [0, 0.05) is 17.3 Å². The van der Waals surface area contributed by atoms with Crippen LogP contribution in [-0.2, 0) is 4.74 Å². The van der Waals surface area contributed by atoms with Crippen LogP contribution in [0.2, 0.25) is 0 Å². The molecule has 1 aromatic heterocycles. The Kier molecular flexibility index (Phi) is 6.25. The molecule has 0 unspecified atom stereocenters. The van der Waals surface area contributed by atoms with E-state index in [9.17, 15) is 9.90 Å². The molecule has 0 aliphatic rings. The number of carbonyl (C=O) groups excluding carboxylic acids is 1. The van der Waals surface area contributed by atoms with Crippen molar-refractivity contribution in [1.29, 1.82) is 0 Å². The van der Waals surface area contributed by atoms with E-state index in [2.05, 4.69) is 10.3 Å². The first-order valence-electron chi connectivity index (χ1n) is 7.82. The molecule has 0 bridgehead atoms. The predicted molar refractivity (Wildman–Crippen MR) is 103 cm³/mol. The zero-order chi connectivity index (χ0) is 17.8. The molecule has 1 heterocycles. The van der Waals surface area contributed by atoms with Crippen molar-refractivity contribution >= 4 is 40.7 Å². The summed E-state index contributed by atoms with van der Waals surface area (Å²) in [6.45, 7) is 2.02. The average Bonchev–Trinajstić information content (AvgIpc) is 2.63. The minimum Gasteiger partial charge on any atom is -0.508 e. The van der Waals surface area contributed by atoms with Gasteiger partial charge < -0.3 is 19.9 Å². The highest BCUT2D eigenvalue weighted by molar-refractivity contribution is 6.06. The number of pyridine rings is 1. The van der Waals surface area contributed by atoms with E-state index in [0.29, 0.717) is 17.0 Å². The molecule has 0 aliphatic heterocycles. The molecule has 0 radical (unpaired) electrons. The van der Waals surface area contributed by atoms with Crippen LogP contribution in [0.1, 0.15) is 17.3 Å². The Bertz CT molecular complexity index is 913. The lowest BCUT2D eigenvalue weighted by Gasteiger charge is -2.15. The Labute approximate surface area is 157 Å². The standard InChI is InChI=1S/C19H18N2O4.ClH/c1-3-25-19(23)16-11-20-17-9-8-14(24-2)10-15(17)18(16)21-12-4-6-13(22)7-5-12;/h4-11,22H,3H2,1-2H3,(H,20,21);1H. The summed E-state index contributed by atoms with van der Waals surface area (Å²) in [7, 11) is 1.58. The molecule has 6 nitrogen and oxygen atoms in total. The largest absolute Gasteiger partial charge is 0.508 e. The highest BCUT2D eigenvalue weighted by atomic mass is 35.5. The monoisotopic (exact) mass is 374 g/mol. The van der Waals surface area contributed by atoms with Crippen molar-refractivity contribution in [1.82, 2.24) is 4.98 Å². The number of ether oxygens (including phenoxy) is 2. The van der Waals surface area contributed by atoms with E-state index in [1.165, 1.54) is 6.20 Å². The van der Waals surface area contributed by atoms with Crippen molar-refractivity contribution in [2.45, 2.75) is 6.92 Å². The molecule has 7 heteroatoms. The molecule has 0 amide bonds. The van der Waals surface area contributed by atoms with Crippen molar-refractivity contribution < 1.29 is 19.4 Å². The van der Waals surface area contributed by atoms with Crippen LogP contribution in [0.4, 0.5) is 11.4 Å². The Hall–Kier alpha value is -2.99. The number of nitrogens with one attached hydrogen (secondary N) is 1. The van der Waals surface area contributed by atoms with Gasteiger partial charge in [0.2, 0.25) is 0 Å². The molecule has 0 saturated carbocycles. The smallest absolute Gasteiger partial charge is 0.341 e. The van der Waals surface area contributed by atoms with Gasteiger partial charge in [-0.1, -0.05) is 0 Å². The van der Waals surface area contributed by atoms with Crippen molar-refractivity contribution in [2.75, 3.05) is 19.0 Å². The molecule has 0 spiro atoms. The van der Waals surface area contributed by atoms with Gasteiger partial charge in [-0.25, -0.2) is 4.79 Å². The zero-order valence-electron chi connectivity index (χ0n) is 14.4. The summed E-state index contributed by atoms with van der Waals surface area (Å²) >= 11 is 0. The molecule has 2 N–H and O–H groups in total. The third kappa shape index (κ3) is 3.97. The Morgan fingerprint density at radius 1 is 1.19 bits per heavy atom. The molecule has 26 heavy (non-hydrogen) atoms. The van der Waals surface area contributed by atoms with Gasteiger partial charge in [-0.05, 0) is 49.4 Å². The number of phenols is 1. The van der Waals surface area contributed by atoms with E-state index in [1.54, 1.807) is 38.3 Å². The Balaban J connectivity index is 0.00000243. The molecule has 3 aromatic rings. The van der Waals surface area contributed by atoms with Crippen LogP contribution in [0, 0.1) is 0 Å². The molecule has 0 saturated heterocycles. The number of aromatic nitrogens is 1. The number of hydrogen-bond acceptors (Lipinski definition) is 6. The van der Waals surface area contributed by atoms with Crippen LogP contribution in [-0.4, -0.2) is 29.8 Å². The number of methoxy groups -OCH3 is 1. The van der Waals surface area contributed by atoms with E-state index < -0.39 is 5.97 Å². The number of anilines is 2. The zero-order valence-corrected chi connectivity index (χ0v) is 15.2. The lowest BCUT2D eigenvalue weighted by molar-refractivity contribution is 0.0527. The number of fused-ring (bicyclic) bond motifs is 1. The van der Waals surface area contributed by atoms with Crippen LogP contribution >= 0.6 is 12.4 Å². The number of halogens is 1. The van der Waals surface area contributed by atoms with Crippen molar-refractivity contribution in [2.24, 2.45) is 0 Å². The number of hydrogen-bond donors (Lipinski definition) is 2. The molecular formula is C19H19ClN2O4. The number of rotatable bonds is 5. The first-order chi connectivity index (χ1) is 12.1. The highest BCUT2D eigenvalue weighted by Crippen LogP contribution is 2.32. The average molecular weight is 375 g/mol. The number of phenolic OH excluding ortho intramolecular Hbond substituents is 1.